The van der Waals surface area contributed by atoms with Gasteiger partial charge in [0, 0.05) is 21.4 Å². The fourth-order valence-electron chi connectivity index (χ4n) is 3.66. The van der Waals surface area contributed by atoms with E-state index in [0.29, 0.717) is 39.9 Å². The summed E-state index contributed by atoms with van der Waals surface area (Å²) < 4.78 is 23.4. The van der Waals surface area contributed by atoms with Gasteiger partial charge in [0.05, 0.1) is 17.5 Å². The lowest BCUT2D eigenvalue weighted by atomic mass is 10.1. The molecule has 1 aliphatic heterocycles. The van der Waals surface area contributed by atoms with Crippen molar-refractivity contribution < 1.29 is 18.0 Å². The summed E-state index contributed by atoms with van der Waals surface area (Å²) in [7, 11) is -3.91. The Labute approximate surface area is 197 Å². The number of halogens is 2. The van der Waals surface area contributed by atoms with E-state index in [0.717, 1.165) is 12.0 Å². The first kappa shape index (κ1) is 24.5. The molecular weight excluding hydrogens is 475 g/mol. The molecule has 0 bridgehead atoms. The van der Waals surface area contributed by atoms with Crippen molar-refractivity contribution >= 4 is 56.4 Å². The molecule has 1 fully saturated rings. The minimum atomic E-state index is -3.91. The molecule has 1 aliphatic rings. The number of rotatable bonds is 6. The van der Waals surface area contributed by atoms with Gasteiger partial charge in [-0.1, -0.05) is 23.2 Å². The van der Waals surface area contributed by atoms with Gasteiger partial charge in [0.25, 0.3) is 0 Å². The van der Waals surface area contributed by atoms with E-state index >= 15 is 0 Å². The first-order chi connectivity index (χ1) is 14.9. The van der Waals surface area contributed by atoms with E-state index in [9.17, 15) is 18.0 Å². The third kappa shape index (κ3) is 5.99. The van der Waals surface area contributed by atoms with E-state index in [4.69, 9.17) is 28.3 Å². The number of nitrogens with zero attached hydrogens (tertiary/aromatic N) is 1. The van der Waals surface area contributed by atoms with Crippen molar-refractivity contribution in [2.75, 3.05) is 23.7 Å². The van der Waals surface area contributed by atoms with Gasteiger partial charge < -0.3 is 10.6 Å². The van der Waals surface area contributed by atoms with Crippen LogP contribution in [0, 0.1) is 13.8 Å². The Kier molecular flexibility index (Phi) is 7.46. The monoisotopic (exact) mass is 498 g/mol. The molecule has 172 valence electrons. The van der Waals surface area contributed by atoms with Crippen LogP contribution in [0.3, 0.4) is 0 Å². The van der Waals surface area contributed by atoms with Crippen molar-refractivity contribution in [1.29, 1.82) is 0 Å². The van der Waals surface area contributed by atoms with Crippen molar-refractivity contribution in [2.24, 2.45) is 5.14 Å². The van der Waals surface area contributed by atoms with E-state index in [1.54, 1.807) is 36.9 Å². The van der Waals surface area contributed by atoms with Crippen LogP contribution >= 0.6 is 23.2 Å². The molecular formula is C21H24Cl2N4O4S. The SMILES string of the molecule is Cc1cc(S(N)(=O)=O)cc(NC(=O)CN2CCCC2C(=O)Nc2cc(Cl)cc(Cl)c2)c1C. The minimum absolute atomic E-state index is 0.0214. The quantitative estimate of drug-likeness (QED) is 0.563. The summed E-state index contributed by atoms with van der Waals surface area (Å²) in [6, 6.07) is 7.08. The highest BCUT2D eigenvalue weighted by Crippen LogP contribution is 2.26. The molecule has 32 heavy (non-hydrogen) atoms. The largest absolute Gasteiger partial charge is 0.325 e. The summed E-state index contributed by atoms with van der Waals surface area (Å²) >= 11 is 12.0. The van der Waals surface area contributed by atoms with Crippen molar-refractivity contribution in [3.05, 3.63) is 51.5 Å². The molecule has 8 nitrogen and oxygen atoms in total. The minimum Gasteiger partial charge on any atom is -0.325 e. The lowest BCUT2D eigenvalue weighted by Gasteiger charge is -2.23. The fourth-order valence-corrected chi connectivity index (χ4v) is 4.81. The predicted octanol–water partition coefficient (Wildman–Crippen LogP) is 3.30. The molecule has 0 saturated carbocycles. The van der Waals surface area contributed by atoms with Crippen LogP contribution < -0.4 is 15.8 Å². The van der Waals surface area contributed by atoms with Gasteiger partial charge in [0.15, 0.2) is 0 Å². The van der Waals surface area contributed by atoms with E-state index in [1.807, 2.05) is 0 Å². The van der Waals surface area contributed by atoms with Crippen molar-refractivity contribution in [1.82, 2.24) is 4.90 Å². The highest BCUT2D eigenvalue weighted by molar-refractivity contribution is 7.89. The zero-order valence-electron chi connectivity index (χ0n) is 17.6. The van der Waals surface area contributed by atoms with Gasteiger partial charge in [-0.15, -0.1) is 0 Å². The van der Waals surface area contributed by atoms with Gasteiger partial charge in [-0.2, -0.15) is 0 Å². The van der Waals surface area contributed by atoms with E-state index in [-0.39, 0.29) is 23.3 Å². The van der Waals surface area contributed by atoms with E-state index < -0.39 is 16.1 Å². The van der Waals surface area contributed by atoms with Gasteiger partial charge in [-0.25, -0.2) is 13.6 Å². The molecule has 3 rings (SSSR count). The summed E-state index contributed by atoms with van der Waals surface area (Å²) in [6.07, 6.45) is 1.37. The molecule has 11 heteroatoms. The number of likely N-dealkylation sites (tertiary alicyclic amines) is 1. The molecule has 2 aromatic rings. The summed E-state index contributed by atoms with van der Waals surface area (Å²) in [5.41, 5.74) is 2.27. The van der Waals surface area contributed by atoms with Crippen LogP contribution in [-0.4, -0.2) is 44.3 Å². The van der Waals surface area contributed by atoms with E-state index in [2.05, 4.69) is 10.6 Å². The Balaban J connectivity index is 1.69. The number of carbonyl (C=O) groups excluding carboxylic acids is 2. The normalized spacial score (nSPS) is 16.7. The number of hydrogen-bond donors (Lipinski definition) is 3. The van der Waals surface area contributed by atoms with Crippen LogP contribution in [0.25, 0.3) is 0 Å². The molecule has 4 N–H and O–H groups in total. The molecule has 0 radical (unpaired) electrons. The third-order valence-electron chi connectivity index (χ3n) is 5.39. The molecule has 0 aromatic heterocycles. The predicted molar refractivity (Wildman–Crippen MR) is 126 cm³/mol. The lowest BCUT2D eigenvalue weighted by Crippen LogP contribution is -2.43. The molecule has 2 aromatic carbocycles. The summed E-state index contributed by atoms with van der Waals surface area (Å²) in [5.74, 6) is -0.610. The number of anilines is 2. The van der Waals surface area contributed by atoms with Crippen LogP contribution in [0.2, 0.25) is 10.0 Å². The Morgan fingerprint density at radius 2 is 1.75 bits per heavy atom. The van der Waals surface area contributed by atoms with Crippen LogP contribution in [0.1, 0.15) is 24.0 Å². The number of nitrogens with two attached hydrogens (primary N) is 1. The molecule has 2 amide bonds. The maximum Gasteiger partial charge on any atom is 0.241 e. The molecule has 1 saturated heterocycles. The zero-order chi connectivity index (χ0) is 23.6. The second-order valence-corrected chi connectivity index (χ2v) is 10.2. The smallest absolute Gasteiger partial charge is 0.241 e. The average Bonchev–Trinajstić information content (AvgIpc) is 3.11. The van der Waals surface area contributed by atoms with Gasteiger partial charge in [-0.3, -0.25) is 14.5 Å². The first-order valence-electron chi connectivity index (χ1n) is 9.89. The van der Waals surface area contributed by atoms with Crippen LogP contribution in [0.4, 0.5) is 11.4 Å². The topological polar surface area (TPSA) is 122 Å². The Bertz CT molecular complexity index is 1150. The van der Waals surface area contributed by atoms with E-state index in [1.165, 1.54) is 12.1 Å². The van der Waals surface area contributed by atoms with Crippen LogP contribution in [0.5, 0.6) is 0 Å². The van der Waals surface area contributed by atoms with Gasteiger partial charge in [0.1, 0.15) is 0 Å². The summed E-state index contributed by atoms with van der Waals surface area (Å²) in [6.45, 7) is 4.08. The molecule has 0 aliphatic carbocycles. The molecule has 0 spiro atoms. The third-order valence-corrected chi connectivity index (χ3v) is 6.72. The number of aryl methyl sites for hydroxylation is 1. The number of nitrogens with one attached hydrogen (secondary N) is 2. The number of carbonyl (C=O) groups is 2. The standard InChI is InChI=1S/C21H24Cl2N4O4S/c1-12-6-17(32(24,30)31)10-18(13(12)2)26-20(28)11-27-5-3-4-19(27)21(29)25-16-8-14(22)7-15(23)9-16/h6-10,19H,3-5,11H2,1-2H3,(H,25,29)(H,26,28)(H2,24,30,31). The molecule has 1 heterocycles. The zero-order valence-corrected chi connectivity index (χ0v) is 19.9. The lowest BCUT2D eigenvalue weighted by molar-refractivity contribution is -0.122. The number of benzene rings is 2. The van der Waals surface area contributed by atoms with Crippen molar-refractivity contribution in [3.63, 3.8) is 0 Å². The highest BCUT2D eigenvalue weighted by Gasteiger charge is 2.32. The fraction of sp³-hybridized carbons (Fsp3) is 0.333. The average molecular weight is 499 g/mol. The number of primary sulfonamides is 1. The second kappa shape index (κ2) is 9.76. The highest BCUT2D eigenvalue weighted by atomic mass is 35.5. The van der Waals surface area contributed by atoms with Gasteiger partial charge in [0.2, 0.25) is 21.8 Å². The molecule has 1 unspecified atom stereocenters. The van der Waals surface area contributed by atoms with Crippen LogP contribution in [0.15, 0.2) is 35.2 Å². The summed E-state index contributed by atoms with van der Waals surface area (Å²) in [5, 5.41) is 11.6. The maximum atomic E-state index is 12.8. The Morgan fingerprint density at radius 3 is 2.38 bits per heavy atom. The van der Waals surface area contributed by atoms with Gasteiger partial charge in [-0.05, 0) is 74.7 Å². The van der Waals surface area contributed by atoms with Crippen molar-refractivity contribution in [3.8, 4) is 0 Å². The number of hydrogen-bond acceptors (Lipinski definition) is 5. The maximum absolute atomic E-state index is 12.8. The first-order valence-corrected chi connectivity index (χ1v) is 12.2. The molecule has 1 atom stereocenters. The van der Waals surface area contributed by atoms with Gasteiger partial charge >= 0.3 is 0 Å². The Hall–Kier alpha value is -2.17. The van der Waals surface area contributed by atoms with Crippen molar-refractivity contribution in [2.45, 2.75) is 37.6 Å². The summed E-state index contributed by atoms with van der Waals surface area (Å²) in [4.78, 5) is 27.2. The number of amides is 2. The Morgan fingerprint density at radius 1 is 1.09 bits per heavy atom. The second-order valence-electron chi connectivity index (χ2n) is 7.78. The number of sulfonamides is 1. The van der Waals surface area contributed by atoms with Crippen LogP contribution in [-0.2, 0) is 19.6 Å².